The predicted molar refractivity (Wildman–Crippen MR) is 136 cm³/mol. The Morgan fingerprint density at radius 2 is 2.15 bits per heavy atom. The number of Topliss-reactive ketones (excluding diaryl/α,β-unsaturated/α-hetero) is 1. The number of hydrogen-bond donors (Lipinski definition) is 2. The number of benzene rings is 1. The number of hydrogen-bond acceptors (Lipinski definition) is 5. The van der Waals surface area contributed by atoms with E-state index in [0.717, 1.165) is 54.5 Å². The Labute approximate surface area is 214 Å². The van der Waals surface area contributed by atoms with Crippen LogP contribution in [0.15, 0.2) is 12.3 Å². The van der Waals surface area contributed by atoms with Gasteiger partial charge in [0, 0.05) is 29.3 Å². The van der Waals surface area contributed by atoms with E-state index < -0.39 is 0 Å². The van der Waals surface area contributed by atoms with Crippen LogP contribution in [-0.2, 0) is 16.0 Å². The minimum Gasteiger partial charge on any atom is -0.505 e. The Hall–Kier alpha value is -1.63. The molecule has 0 saturated heterocycles. The number of anilines is 1. The fourth-order valence-corrected chi connectivity index (χ4v) is 8.33. The Morgan fingerprint density at radius 3 is 2.88 bits per heavy atom. The molecule has 2 aromatic rings. The van der Waals surface area contributed by atoms with Gasteiger partial charge in [0.05, 0.1) is 10.0 Å². The van der Waals surface area contributed by atoms with E-state index in [-0.39, 0.29) is 17.1 Å². The lowest BCUT2D eigenvalue weighted by Crippen LogP contribution is -2.44. The van der Waals surface area contributed by atoms with Gasteiger partial charge in [0.2, 0.25) is 5.91 Å². The zero-order valence-corrected chi connectivity index (χ0v) is 21.8. The van der Waals surface area contributed by atoms with Gasteiger partial charge in [-0.1, -0.05) is 30.1 Å². The Bertz CT molecular complexity index is 1150. The molecule has 1 amide bonds. The van der Waals surface area contributed by atoms with Crippen molar-refractivity contribution in [3.05, 3.63) is 38.3 Å². The predicted octanol–water partition coefficient (Wildman–Crippen LogP) is 6.92. The summed E-state index contributed by atoms with van der Waals surface area (Å²) in [5.74, 6) is 1.65. The average Bonchev–Trinajstić information content (AvgIpc) is 3.31. The van der Waals surface area contributed by atoms with E-state index >= 15 is 0 Å². The Morgan fingerprint density at radius 1 is 1.35 bits per heavy atom. The standard InChI is InChI=1S/C26H30Cl2N2O3S/c1-13-12-29-25(34-13)30-21(32)5-3-4-14-10-20(31)26(2)9-8-15-16(22(14)26)6-7-17-18(15)11-19(27)24(33)23(17)28/h11-12,14-16,22,33H,3-10H2,1-2H3,(H,29,30,32)/t14-,15?,16?,22?,26-/m1/s1. The van der Waals surface area contributed by atoms with Gasteiger partial charge in [-0.2, -0.15) is 0 Å². The van der Waals surface area contributed by atoms with Gasteiger partial charge in [-0.25, -0.2) is 4.98 Å². The van der Waals surface area contributed by atoms with E-state index in [9.17, 15) is 14.7 Å². The molecular formula is C26H30Cl2N2O3S. The van der Waals surface area contributed by atoms with Gasteiger partial charge in [-0.05, 0) is 86.3 Å². The van der Waals surface area contributed by atoms with Gasteiger partial charge in [0.25, 0.3) is 0 Å². The number of aryl methyl sites for hydroxylation is 1. The number of aromatic hydroxyl groups is 1. The summed E-state index contributed by atoms with van der Waals surface area (Å²) in [7, 11) is 0. The van der Waals surface area contributed by atoms with Crippen molar-refractivity contribution >= 4 is 51.4 Å². The largest absolute Gasteiger partial charge is 0.505 e. The second-order valence-electron chi connectivity index (χ2n) is 10.5. The van der Waals surface area contributed by atoms with E-state index in [2.05, 4.69) is 17.2 Å². The molecule has 2 fully saturated rings. The number of nitrogens with zero attached hydrogens (tertiary/aromatic N) is 1. The minimum atomic E-state index is -0.283. The van der Waals surface area contributed by atoms with Crippen molar-refractivity contribution in [2.45, 2.75) is 71.1 Å². The molecule has 0 radical (unpaired) electrons. The number of nitrogens with one attached hydrogen (secondary N) is 1. The first-order valence-electron chi connectivity index (χ1n) is 12.1. The molecule has 2 saturated carbocycles. The summed E-state index contributed by atoms with van der Waals surface area (Å²) in [5, 5.41) is 14.4. The van der Waals surface area contributed by atoms with Gasteiger partial charge >= 0.3 is 0 Å². The van der Waals surface area contributed by atoms with Crippen LogP contribution >= 0.6 is 34.5 Å². The number of phenolic OH excluding ortho intramolecular Hbond substituents is 1. The summed E-state index contributed by atoms with van der Waals surface area (Å²) in [6.07, 6.45) is 8.02. The third-order valence-corrected chi connectivity index (χ3v) is 10.1. The number of thiazole rings is 1. The van der Waals surface area contributed by atoms with Gasteiger partial charge in [-0.15, -0.1) is 11.3 Å². The number of halogens is 2. The van der Waals surface area contributed by atoms with Gasteiger partial charge in [-0.3, -0.25) is 9.59 Å². The molecule has 3 aliphatic carbocycles. The second-order valence-corrected chi connectivity index (χ2v) is 12.5. The van der Waals surface area contributed by atoms with Crippen LogP contribution in [0.2, 0.25) is 10.0 Å². The number of aromatic nitrogens is 1. The van der Waals surface area contributed by atoms with Crippen molar-refractivity contribution in [3.63, 3.8) is 0 Å². The fraction of sp³-hybridized carbons (Fsp3) is 0.577. The molecule has 5 nitrogen and oxygen atoms in total. The zero-order chi connectivity index (χ0) is 24.2. The fourth-order valence-electron chi connectivity index (χ4n) is 7.08. The molecule has 34 heavy (non-hydrogen) atoms. The highest BCUT2D eigenvalue weighted by Crippen LogP contribution is 2.63. The summed E-state index contributed by atoms with van der Waals surface area (Å²) < 4.78 is 0. The quantitative estimate of drug-likeness (QED) is 0.448. The summed E-state index contributed by atoms with van der Waals surface area (Å²) >= 11 is 14.2. The van der Waals surface area contributed by atoms with E-state index in [1.54, 1.807) is 6.20 Å². The van der Waals surface area contributed by atoms with E-state index in [1.165, 1.54) is 11.3 Å². The highest BCUT2D eigenvalue weighted by molar-refractivity contribution is 7.15. The molecule has 0 bridgehead atoms. The van der Waals surface area contributed by atoms with E-state index in [1.807, 2.05) is 13.0 Å². The van der Waals surface area contributed by atoms with Crippen LogP contribution in [0, 0.1) is 30.1 Å². The van der Waals surface area contributed by atoms with Crippen molar-refractivity contribution in [2.24, 2.45) is 23.2 Å². The lowest BCUT2D eigenvalue weighted by Gasteiger charge is -2.50. The maximum atomic E-state index is 13.2. The number of carbonyl (C=O) groups is 2. The van der Waals surface area contributed by atoms with Crippen molar-refractivity contribution in [1.82, 2.24) is 4.98 Å². The first kappa shape index (κ1) is 24.1. The van der Waals surface area contributed by atoms with Crippen LogP contribution in [0.1, 0.15) is 73.8 Å². The number of carbonyl (C=O) groups excluding carboxylic acids is 2. The van der Waals surface area contributed by atoms with Crippen LogP contribution in [0.25, 0.3) is 0 Å². The normalized spacial score (nSPS) is 29.9. The summed E-state index contributed by atoms with van der Waals surface area (Å²) in [5.41, 5.74) is 1.89. The molecule has 3 aliphatic rings. The van der Waals surface area contributed by atoms with Crippen LogP contribution in [0.5, 0.6) is 5.75 Å². The number of fused-ring (bicyclic) bond motifs is 5. The topological polar surface area (TPSA) is 79.3 Å². The van der Waals surface area contributed by atoms with Gasteiger partial charge in [0.1, 0.15) is 5.78 Å². The highest BCUT2D eigenvalue weighted by atomic mass is 35.5. The highest BCUT2D eigenvalue weighted by Gasteiger charge is 2.58. The molecule has 1 aromatic heterocycles. The van der Waals surface area contributed by atoms with E-state index in [4.69, 9.17) is 23.2 Å². The molecule has 1 aromatic carbocycles. The minimum absolute atomic E-state index is 0.0151. The molecule has 5 atom stereocenters. The molecule has 5 rings (SSSR count). The van der Waals surface area contributed by atoms with Gasteiger partial charge in [0.15, 0.2) is 10.9 Å². The molecule has 0 aliphatic heterocycles. The summed E-state index contributed by atoms with van der Waals surface area (Å²) in [4.78, 5) is 30.9. The Kier molecular flexibility index (Phi) is 6.45. The molecule has 0 spiro atoms. The summed E-state index contributed by atoms with van der Waals surface area (Å²) in [6.45, 7) is 4.13. The first-order chi connectivity index (χ1) is 16.2. The number of amides is 1. The third-order valence-electron chi connectivity index (χ3n) is 8.58. The first-order valence-corrected chi connectivity index (χ1v) is 13.7. The third kappa shape index (κ3) is 4.06. The van der Waals surface area contributed by atoms with Crippen LogP contribution in [-0.4, -0.2) is 21.8 Å². The number of phenols is 1. The smallest absolute Gasteiger partial charge is 0.226 e. The average molecular weight is 522 g/mol. The van der Waals surface area contributed by atoms with Crippen LogP contribution < -0.4 is 5.32 Å². The van der Waals surface area contributed by atoms with Crippen LogP contribution in [0.4, 0.5) is 5.13 Å². The molecule has 1 heterocycles. The number of ketones is 1. The molecule has 3 unspecified atom stereocenters. The van der Waals surface area contributed by atoms with Crippen molar-refractivity contribution < 1.29 is 14.7 Å². The summed E-state index contributed by atoms with van der Waals surface area (Å²) in [6, 6.07) is 1.90. The SMILES string of the molecule is Cc1cnc(NC(=O)CCC[C@@H]2CC(=O)[C@@]3(C)CCC4c5cc(Cl)c(O)c(Cl)c5CCC4C23)s1. The zero-order valence-electron chi connectivity index (χ0n) is 19.5. The second kappa shape index (κ2) is 9.11. The molecule has 182 valence electrons. The molecular weight excluding hydrogens is 491 g/mol. The Balaban J connectivity index is 1.31. The maximum Gasteiger partial charge on any atom is 0.226 e. The van der Waals surface area contributed by atoms with Gasteiger partial charge < -0.3 is 10.4 Å². The maximum absolute atomic E-state index is 13.2. The lowest BCUT2D eigenvalue weighted by atomic mass is 9.54. The van der Waals surface area contributed by atoms with Crippen molar-refractivity contribution in [3.8, 4) is 5.75 Å². The van der Waals surface area contributed by atoms with Crippen molar-refractivity contribution in [1.29, 1.82) is 0 Å². The van der Waals surface area contributed by atoms with Crippen molar-refractivity contribution in [2.75, 3.05) is 5.32 Å². The van der Waals surface area contributed by atoms with E-state index in [0.29, 0.717) is 57.5 Å². The van der Waals surface area contributed by atoms with Crippen LogP contribution in [0.3, 0.4) is 0 Å². The molecule has 2 N–H and O–H groups in total. The lowest BCUT2D eigenvalue weighted by molar-refractivity contribution is -0.129. The number of rotatable bonds is 5. The monoisotopic (exact) mass is 520 g/mol. The molecule has 8 heteroatoms.